The third-order valence-electron chi connectivity index (χ3n) is 3.58. The Bertz CT molecular complexity index is 320. The topological polar surface area (TPSA) is 95.7 Å². The third-order valence-corrected chi connectivity index (χ3v) is 3.58. The molecule has 1 rings (SSSR count). The molecule has 1 fully saturated rings. The summed E-state index contributed by atoms with van der Waals surface area (Å²) >= 11 is 0. The van der Waals surface area contributed by atoms with E-state index in [1.54, 1.807) is 4.90 Å². The van der Waals surface area contributed by atoms with Crippen LogP contribution in [0.25, 0.3) is 0 Å². The van der Waals surface area contributed by atoms with E-state index in [1.165, 1.54) is 0 Å². The average Bonchev–Trinajstić information content (AvgIpc) is 2.31. The van der Waals surface area contributed by atoms with Crippen LogP contribution in [0.15, 0.2) is 0 Å². The number of carbonyl (C=O) groups is 2. The second kappa shape index (κ2) is 7.33. The van der Waals surface area contributed by atoms with Crippen LogP contribution in [0.3, 0.4) is 0 Å². The first-order chi connectivity index (χ1) is 8.91. The summed E-state index contributed by atoms with van der Waals surface area (Å²) in [5, 5.41) is 11.7. The molecule has 0 spiro atoms. The number of hydrogen-bond acceptors (Lipinski definition) is 3. The minimum absolute atomic E-state index is 0.00573. The van der Waals surface area contributed by atoms with Gasteiger partial charge >= 0.3 is 12.0 Å². The van der Waals surface area contributed by atoms with E-state index in [2.05, 4.69) is 5.32 Å². The predicted molar refractivity (Wildman–Crippen MR) is 72.9 cm³/mol. The van der Waals surface area contributed by atoms with Gasteiger partial charge in [0.2, 0.25) is 0 Å². The Labute approximate surface area is 114 Å². The molecule has 0 radical (unpaired) electrons. The van der Waals surface area contributed by atoms with Gasteiger partial charge in [-0.1, -0.05) is 12.8 Å². The highest BCUT2D eigenvalue weighted by Gasteiger charge is 2.26. The van der Waals surface area contributed by atoms with Crippen molar-refractivity contribution in [2.45, 2.75) is 64.1 Å². The van der Waals surface area contributed by atoms with E-state index in [0.29, 0.717) is 0 Å². The molecule has 1 aliphatic carbocycles. The number of hydrogen-bond donors (Lipinski definition) is 3. The van der Waals surface area contributed by atoms with Crippen molar-refractivity contribution in [3.8, 4) is 0 Å². The number of rotatable bonds is 5. The number of amides is 2. The summed E-state index contributed by atoms with van der Waals surface area (Å²) in [7, 11) is 0. The molecule has 2 unspecified atom stereocenters. The number of carboxylic acids is 1. The normalized spacial score (nSPS) is 23.2. The number of nitrogens with zero attached hydrogens (tertiary/aromatic N) is 1. The number of urea groups is 1. The first-order valence-corrected chi connectivity index (χ1v) is 6.96. The predicted octanol–water partition coefficient (Wildman–Crippen LogP) is 1.15. The first kappa shape index (κ1) is 15.8. The van der Waals surface area contributed by atoms with Crippen molar-refractivity contribution in [3.05, 3.63) is 0 Å². The van der Waals surface area contributed by atoms with Crippen molar-refractivity contribution in [2.24, 2.45) is 5.73 Å². The van der Waals surface area contributed by atoms with Crippen LogP contribution in [-0.4, -0.2) is 46.7 Å². The van der Waals surface area contributed by atoms with Crippen molar-refractivity contribution in [3.63, 3.8) is 0 Å². The Morgan fingerprint density at radius 1 is 1.37 bits per heavy atom. The molecule has 2 atom stereocenters. The summed E-state index contributed by atoms with van der Waals surface area (Å²) in [5.41, 5.74) is 6.00. The average molecular weight is 271 g/mol. The molecule has 0 aromatic rings. The number of aliphatic carboxylic acids is 1. The zero-order valence-electron chi connectivity index (χ0n) is 11.8. The summed E-state index contributed by atoms with van der Waals surface area (Å²) in [4.78, 5) is 24.3. The summed E-state index contributed by atoms with van der Waals surface area (Å²) in [6, 6.07) is -0.226. The lowest BCUT2D eigenvalue weighted by molar-refractivity contribution is -0.137. The minimum Gasteiger partial charge on any atom is -0.481 e. The smallest absolute Gasteiger partial charge is 0.317 e. The van der Waals surface area contributed by atoms with E-state index >= 15 is 0 Å². The van der Waals surface area contributed by atoms with E-state index < -0.39 is 5.97 Å². The van der Waals surface area contributed by atoms with Crippen LogP contribution in [0.1, 0.15) is 46.0 Å². The van der Waals surface area contributed by atoms with E-state index in [-0.39, 0.29) is 37.1 Å². The number of nitrogens with two attached hydrogens (primary N) is 1. The summed E-state index contributed by atoms with van der Waals surface area (Å²) in [6.07, 6.45) is 3.98. The van der Waals surface area contributed by atoms with Gasteiger partial charge in [-0.05, 0) is 26.7 Å². The molecule has 110 valence electrons. The van der Waals surface area contributed by atoms with Crippen molar-refractivity contribution in [1.82, 2.24) is 10.2 Å². The van der Waals surface area contributed by atoms with Gasteiger partial charge in [0.05, 0.1) is 6.42 Å². The van der Waals surface area contributed by atoms with E-state index in [9.17, 15) is 9.59 Å². The van der Waals surface area contributed by atoms with Crippen LogP contribution in [0.4, 0.5) is 4.79 Å². The molecule has 0 aromatic carbocycles. The molecule has 4 N–H and O–H groups in total. The fourth-order valence-electron chi connectivity index (χ4n) is 2.39. The van der Waals surface area contributed by atoms with Crippen LogP contribution in [0.5, 0.6) is 0 Å². The maximum absolute atomic E-state index is 12.2. The van der Waals surface area contributed by atoms with Gasteiger partial charge in [0.15, 0.2) is 0 Å². The van der Waals surface area contributed by atoms with Gasteiger partial charge in [-0.2, -0.15) is 0 Å². The monoisotopic (exact) mass is 271 g/mol. The molecule has 0 saturated heterocycles. The zero-order chi connectivity index (χ0) is 14.4. The first-order valence-electron chi connectivity index (χ1n) is 6.96. The standard InChI is InChI=1S/C13H25N3O3/c1-9(2)16(8-7-12(17)18)13(19)15-11-6-4-3-5-10(11)14/h9-11H,3-8,14H2,1-2H3,(H,15,19)(H,17,18). The second-order valence-electron chi connectivity index (χ2n) is 5.44. The number of carboxylic acid groups (broad SMARTS) is 1. The number of carbonyl (C=O) groups excluding carboxylic acids is 1. The SMILES string of the molecule is CC(C)N(CCC(=O)O)C(=O)NC1CCCCC1N. The highest BCUT2D eigenvalue weighted by Crippen LogP contribution is 2.17. The maximum Gasteiger partial charge on any atom is 0.317 e. The van der Waals surface area contributed by atoms with E-state index in [0.717, 1.165) is 25.7 Å². The van der Waals surface area contributed by atoms with Crippen molar-refractivity contribution in [2.75, 3.05) is 6.54 Å². The Hall–Kier alpha value is -1.30. The fourth-order valence-corrected chi connectivity index (χ4v) is 2.39. The molecule has 0 aliphatic heterocycles. The van der Waals surface area contributed by atoms with Crippen molar-refractivity contribution in [1.29, 1.82) is 0 Å². The Kier molecular flexibility index (Phi) is 6.08. The molecule has 2 amide bonds. The lowest BCUT2D eigenvalue weighted by atomic mass is 9.91. The van der Waals surface area contributed by atoms with Gasteiger partial charge in [0.25, 0.3) is 0 Å². The maximum atomic E-state index is 12.2. The summed E-state index contributed by atoms with van der Waals surface area (Å²) in [5.74, 6) is -0.896. The van der Waals surface area contributed by atoms with Gasteiger partial charge in [0, 0.05) is 24.7 Å². The molecular weight excluding hydrogens is 246 g/mol. The van der Waals surface area contributed by atoms with Crippen molar-refractivity contribution >= 4 is 12.0 Å². The second-order valence-corrected chi connectivity index (χ2v) is 5.44. The molecule has 1 saturated carbocycles. The van der Waals surface area contributed by atoms with Crippen LogP contribution >= 0.6 is 0 Å². The van der Waals surface area contributed by atoms with E-state index in [1.807, 2.05) is 13.8 Å². The minimum atomic E-state index is -0.896. The van der Waals surface area contributed by atoms with Crippen LogP contribution in [0.2, 0.25) is 0 Å². The lowest BCUT2D eigenvalue weighted by Gasteiger charge is -2.33. The fraction of sp³-hybridized carbons (Fsp3) is 0.846. The van der Waals surface area contributed by atoms with Crippen LogP contribution in [-0.2, 0) is 4.79 Å². The molecule has 0 bridgehead atoms. The number of nitrogens with one attached hydrogen (secondary N) is 1. The quantitative estimate of drug-likeness (QED) is 0.699. The highest BCUT2D eigenvalue weighted by atomic mass is 16.4. The largest absolute Gasteiger partial charge is 0.481 e. The summed E-state index contributed by atoms with van der Waals surface area (Å²) < 4.78 is 0. The molecule has 6 nitrogen and oxygen atoms in total. The molecule has 1 aliphatic rings. The Morgan fingerprint density at radius 3 is 2.53 bits per heavy atom. The van der Waals surface area contributed by atoms with Gasteiger partial charge in [0.1, 0.15) is 0 Å². The molecule has 0 heterocycles. The molecule has 6 heteroatoms. The third kappa shape index (κ3) is 5.06. The lowest BCUT2D eigenvalue weighted by Crippen LogP contribution is -2.54. The Morgan fingerprint density at radius 2 is 2.00 bits per heavy atom. The van der Waals surface area contributed by atoms with Crippen LogP contribution < -0.4 is 11.1 Å². The molecular formula is C13H25N3O3. The van der Waals surface area contributed by atoms with Gasteiger partial charge < -0.3 is 21.1 Å². The van der Waals surface area contributed by atoms with E-state index in [4.69, 9.17) is 10.8 Å². The van der Waals surface area contributed by atoms with Crippen LogP contribution in [0, 0.1) is 0 Å². The summed E-state index contributed by atoms with van der Waals surface area (Å²) in [6.45, 7) is 3.98. The van der Waals surface area contributed by atoms with Gasteiger partial charge in [-0.3, -0.25) is 4.79 Å². The van der Waals surface area contributed by atoms with Gasteiger partial charge in [-0.15, -0.1) is 0 Å². The molecule has 19 heavy (non-hydrogen) atoms. The Balaban J connectivity index is 2.53. The molecule has 0 aromatic heterocycles. The highest BCUT2D eigenvalue weighted by molar-refractivity contribution is 5.76. The zero-order valence-corrected chi connectivity index (χ0v) is 11.8. The van der Waals surface area contributed by atoms with Gasteiger partial charge in [-0.25, -0.2) is 4.79 Å². The van der Waals surface area contributed by atoms with Crippen molar-refractivity contribution < 1.29 is 14.7 Å².